The molecule has 120 valence electrons. The Morgan fingerprint density at radius 1 is 0.955 bits per heavy atom. The van der Waals surface area contributed by atoms with Crippen molar-refractivity contribution in [2.45, 2.75) is 39.5 Å². The number of ether oxygens (including phenoxy) is 2. The minimum atomic E-state index is 0.676. The first-order valence-corrected chi connectivity index (χ1v) is 8.71. The van der Waals surface area contributed by atoms with Crippen molar-refractivity contribution in [3.05, 3.63) is 35.9 Å². The molecule has 2 aromatic carbocycles. The molecule has 0 fully saturated rings. The van der Waals surface area contributed by atoms with Crippen molar-refractivity contribution in [2.24, 2.45) is 0 Å². The lowest BCUT2D eigenvalue weighted by Gasteiger charge is -2.16. The highest BCUT2D eigenvalue weighted by Crippen LogP contribution is 2.37. The second kappa shape index (κ2) is 8.89. The molecule has 0 radical (unpaired) electrons. The van der Waals surface area contributed by atoms with E-state index in [2.05, 4.69) is 31.2 Å². The molecule has 3 heteroatoms. The van der Waals surface area contributed by atoms with E-state index >= 15 is 0 Å². The van der Waals surface area contributed by atoms with E-state index in [0.29, 0.717) is 6.61 Å². The Morgan fingerprint density at radius 3 is 2.41 bits per heavy atom. The van der Waals surface area contributed by atoms with Crippen molar-refractivity contribution in [1.29, 1.82) is 0 Å². The molecule has 0 aromatic heterocycles. The number of hydrogen-bond donors (Lipinski definition) is 0. The average Bonchev–Trinajstić information content (AvgIpc) is 2.56. The first kappa shape index (κ1) is 17.0. The fraction of sp³-hybridized carbons (Fsp3) is 0.474. The number of hydrogen-bond acceptors (Lipinski definition) is 2. The highest BCUT2D eigenvalue weighted by Gasteiger charge is 2.12. The predicted molar refractivity (Wildman–Crippen MR) is 94.6 cm³/mol. The first-order chi connectivity index (χ1) is 10.8. The molecule has 0 aliphatic carbocycles. The summed E-state index contributed by atoms with van der Waals surface area (Å²) in [6.45, 7) is 5.58. The van der Waals surface area contributed by atoms with Crippen LogP contribution in [0.3, 0.4) is 0 Å². The monoisotopic (exact) mass is 320 g/mol. The van der Waals surface area contributed by atoms with Gasteiger partial charge in [-0.15, -0.1) is 11.6 Å². The van der Waals surface area contributed by atoms with Gasteiger partial charge in [-0.3, -0.25) is 0 Å². The van der Waals surface area contributed by atoms with Gasteiger partial charge in [0.05, 0.1) is 13.2 Å². The van der Waals surface area contributed by atoms with Crippen LogP contribution in [0.2, 0.25) is 0 Å². The van der Waals surface area contributed by atoms with Crippen LogP contribution in [-0.4, -0.2) is 19.1 Å². The van der Waals surface area contributed by atoms with Crippen LogP contribution in [0.25, 0.3) is 10.8 Å². The minimum absolute atomic E-state index is 0.676. The number of fused-ring (bicyclic) bond motifs is 1. The summed E-state index contributed by atoms with van der Waals surface area (Å²) in [5.41, 5.74) is 1.20. The Balaban J connectivity index is 2.27. The summed E-state index contributed by atoms with van der Waals surface area (Å²) in [7, 11) is 0. The number of halogens is 1. The zero-order valence-electron chi connectivity index (χ0n) is 13.5. The van der Waals surface area contributed by atoms with E-state index in [0.717, 1.165) is 60.4 Å². The Morgan fingerprint density at radius 2 is 1.73 bits per heavy atom. The molecule has 0 unspecified atom stereocenters. The number of unbranched alkanes of at least 4 members (excludes halogenated alkanes) is 2. The molecule has 0 atom stereocenters. The van der Waals surface area contributed by atoms with Crippen molar-refractivity contribution < 1.29 is 9.47 Å². The molecule has 0 spiro atoms. The Kier molecular flexibility index (Phi) is 6.85. The number of aryl methyl sites for hydroxylation is 1. The zero-order valence-corrected chi connectivity index (χ0v) is 14.3. The summed E-state index contributed by atoms with van der Waals surface area (Å²) in [6.07, 6.45) is 4.13. The third-order valence-electron chi connectivity index (χ3n) is 3.74. The Labute approximate surface area is 138 Å². The molecule has 2 rings (SSSR count). The van der Waals surface area contributed by atoms with Gasteiger partial charge in [-0.05, 0) is 44.2 Å². The summed E-state index contributed by atoms with van der Waals surface area (Å²) in [6, 6.07) is 10.4. The van der Waals surface area contributed by atoms with E-state index < -0.39 is 0 Å². The van der Waals surface area contributed by atoms with Gasteiger partial charge < -0.3 is 9.47 Å². The van der Waals surface area contributed by atoms with Crippen LogP contribution in [-0.2, 0) is 6.42 Å². The van der Waals surface area contributed by atoms with Crippen LogP contribution in [0, 0.1) is 0 Å². The number of benzene rings is 2. The second-order valence-corrected chi connectivity index (χ2v) is 5.67. The molecule has 22 heavy (non-hydrogen) atoms. The summed E-state index contributed by atoms with van der Waals surface area (Å²) >= 11 is 5.71. The molecule has 0 aliphatic heterocycles. The molecule has 2 nitrogen and oxygen atoms in total. The summed E-state index contributed by atoms with van der Waals surface area (Å²) in [5, 5.41) is 2.26. The zero-order chi connectivity index (χ0) is 15.8. The van der Waals surface area contributed by atoms with Gasteiger partial charge in [0.15, 0.2) is 0 Å². The average molecular weight is 321 g/mol. The number of rotatable bonds is 9. The molecule has 0 amide bonds. The SMILES string of the molecule is CCOc1c(CC)cc(OCCCCCCl)c2ccccc12. The van der Waals surface area contributed by atoms with Gasteiger partial charge in [0.25, 0.3) is 0 Å². The minimum Gasteiger partial charge on any atom is -0.493 e. The quantitative estimate of drug-likeness (QED) is 0.443. The molecule has 0 saturated carbocycles. The highest BCUT2D eigenvalue weighted by molar-refractivity contribution is 6.17. The maximum atomic E-state index is 6.04. The van der Waals surface area contributed by atoms with Crippen molar-refractivity contribution in [2.75, 3.05) is 19.1 Å². The van der Waals surface area contributed by atoms with Crippen LogP contribution in [0.15, 0.2) is 30.3 Å². The summed E-state index contributed by atoms with van der Waals surface area (Å²) in [4.78, 5) is 0. The third kappa shape index (κ3) is 4.07. The third-order valence-corrected chi connectivity index (χ3v) is 4.01. The molecule has 0 aliphatic rings. The first-order valence-electron chi connectivity index (χ1n) is 8.18. The van der Waals surface area contributed by atoms with Gasteiger partial charge in [-0.1, -0.05) is 31.2 Å². The molecule has 0 N–H and O–H groups in total. The van der Waals surface area contributed by atoms with Crippen LogP contribution in [0.1, 0.15) is 38.7 Å². The van der Waals surface area contributed by atoms with Crippen LogP contribution in [0.4, 0.5) is 0 Å². The maximum Gasteiger partial charge on any atom is 0.130 e. The van der Waals surface area contributed by atoms with Crippen LogP contribution in [0.5, 0.6) is 11.5 Å². The van der Waals surface area contributed by atoms with Crippen molar-refractivity contribution in [1.82, 2.24) is 0 Å². The Bertz CT molecular complexity index is 595. The largest absolute Gasteiger partial charge is 0.493 e. The lowest BCUT2D eigenvalue weighted by molar-refractivity contribution is 0.308. The second-order valence-electron chi connectivity index (χ2n) is 5.29. The molecular formula is C19H25ClO2. The topological polar surface area (TPSA) is 18.5 Å². The molecular weight excluding hydrogens is 296 g/mol. The van der Waals surface area contributed by atoms with E-state index in [-0.39, 0.29) is 0 Å². The molecule has 0 saturated heterocycles. The van der Waals surface area contributed by atoms with Gasteiger partial charge in [0.2, 0.25) is 0 Å². The van der Waals surface area contributed by atoms with Crippen molar-refractivity contribution >= 4 is 22.4 Å². The molecule has 0 bridgehead atoms. The van der Waals surface area contributed by atoms with E-state index in [1.165, 1.54) is 5.56 Å². The van der Waals surface area contributed by atoms with Gasteiger partial charge in [-0.2, -0.15) is 0 Å². The predicted octanol–water partition coefficient (Wildman–Crippen LogP) is 5.59. The summed E-state index contributed by atoms with van der Waals surface area (Å²) < 4.78 is 11.9. The fourth-order valence-corrected chi connectivity index (χ4v) is 2.81. The highest BCUT2D eigenvalue weighted by atomic mass is 35.5. The smallest absolute Gasteiger partial charge is 0.130 e. The van der Waals surface area contributed by atoms with E-state index in [4.69, 9.17) is 21.1 Å². The van der Waals surface area contributed by atoms with E-state index in [9.17, 15) is 0 Å². The Hall–Kier alpha value is -1.41. The standard InChI is InChI=1S/C19H25ClO2/c1-3-15-14-18(22-13-9-5-8-12-20)16-10-6-7-11-17(16)19(15)21-4-2/h6-7,10-11,14H,3-5,8-9,12-13H2,1-2H3. The lowest BCUT2D eigenvalue weighted by atomic mass is 10.0. The van der Waals surface area contributed by atoms with Gasteiger partial charge in [0.1, 0.15) is 11.5 Å². The van der Waals surface area contributed by atoms with Crippen LogP contribution >= 0.6 is 11.6 Å². The molecule has 0 heterocycles. The lowest BCUT2D eigenvalue weighted by Crippen LogP contribution is -2.02. The van der Waals surface area contributed by atoms with Gasteiger partial charge in [0, 0.05) is 16.7 Å². The fourth-order valence-electron chi connectivity index (χ4n) is 2.62. The van der Waals surface area contributed by atoms with Crippen molar-refractivity contribution in [3.8, 4) is 11.5 Å². The van der Waals surface area contributed by atoms with Gasteiger partial charge in [-0.25, -0.2) is 0 Å². The van der Waals surface area contributed by atoms with E-state index in [1.54, 1.807) is 0 Å². The maximum absolute atomic E-state index is 6.04. The van der Waals surface area contributed by atoms with Crippen molar-refractivity contribution in [3.63, 3.8) is 0 Å². The van der Waals surface area contributed by atoms with Crippen LogP contribution < -0.4 is 9.47 Å². The normalized spacial score (nSPS) is 10.9. The van der Waals surface area contributed by atoms with Gasteiger partial charge >= 0.3 is 0 Å². The molecule has 2 aromatic rings. The summed E-state index contributed by atoms with van der Waals surface area (Å²) in [5.74, 6) is 2.68. The van der Waals surface area contributed by atoms with E-state index in [1.807, 2.05) is 13.0 Å². The number of alkyl halides is 1.